The molecule has 2 aliphatic heterocycles. The van der Waals surface area contributed by atoms with Gasteiger partial charge < -0.3 is 15.1 Å². The molecule has 34 heavy (non-hydrogen) atoms. The third-order valence-electron chi connectivity index (χ3n) is 7.02. The van der Waals surface area contributed by atoms with Crippen molar-refractivity contribution >= 4 is 11.8 Å². The summed E-state index contributed by atoms with van der Waals surface area (Å²) < 4.78 is 0. The molecule has 0 unspecified atom stereocenters. The molecule has 0 radical (unpaired) electrons. The van der Waals surface area contributed by atoms with Gasteiger partial charge in [0.1, 0.15) is 11.9 Å². The van der Waals surface area contributed by atoms with Crippen LogP contribution in [0.4, 0.5) is 10.6 Å². The zero-order chi connectivity index (χ0) is 23.9. The van der Waals surface area contributed by atoms with Crippen molar-refractivity contribution in [3.8, 4) is 6.07 Å². The maximum atomic E-state index is 13.0. The smallest absolute Gasteiger partial charge is 0.318 e. The monoisotopic (exact) mass is 461 g/mol. The molecule has 1 N–H and O–H groups in total. The van der Waals surface area contributed by atoms with Crippen molar-refractivity contribution in [2.45, 2.75) is 51.7 Å². The van der Waals surface area contributed by atoms with Crippen molar-refractivity contribution in [2.24, 2.45) is 5.92 Å². The third-order valence-corrected chi connectivity index (χ3v) is 7.02. The maximum Gasteiger partial charge on any atom is 0.318 e. The molecule has 0 saturated carbocycles. The highest BCUT2D eigenvalue weighted by atomic mass is 16.2. The second kappa shape index (κ2) is 11.3. The average Bonchev–Trinajstić information content (AvgIpc) is 2.85. The fourth-order valence-electron chi connectivity index (χ4n) is 5.20. The van der Waals surface area contributed by atoms with Crippen LogP contribution in [0.2, 0.25) is 0 Å². The summed E-state index contributed by atoms with van der Waals surface area (Å²) >= 11 is 0. The van der Waals surface area contributed by atoms with Gasteiger partial charge in [-0.1, -0.05) is 30.3 Å². The van der Waals surface area contributed by atoms with Gasteiger partial charge in [-0.15, -0.1) is 0 Å². The highest BCUT2D eigenvalue weighted by Gasteiger charge is 2.33. The lowest BCUT2D eigenvalue weighted by molar-refractivity contribution is 0.139. The molecule has 3 heterocycles. The van der Waals surface area contributed by atoms with Crippen LogP contribution in [0.1, 0.15) is 44.4 Å². The predicted octanol–water partition coefficient (Wildman–Crippen LogP) is 3.26. The molecule has 2 saturated heterocycles. The molecule has 2 aliphatic rings. The maximum absolute atomic E-state index is 13.0. The fraction of sp³-hybridized carbons (Fsp3) is 0.538. The van der Waals surface area contributed by atoms with Crippen molar-refractivity contribution in [2.75, 3.05) is 37.6 Å². The number of urea groups is 1. The number of piperidine rings is 1. The van der Waals surface area contributed by atoms with Gasteiger partial charge in [-0.25, -0.2) is 14.8 Å². The predicted molar refractivity (Wildman–Crippen MR) is 132 cm³/mol. The third kappa shape index (κ3) is 6.03. The SMILES string of the molecule is C[C@@H]1CN(c2cnc(C#N)cn2)C[C@@H](C)N1C(=O)NCCC1CCN(Cc2ccccc2)CC1. The van der Waals surface area contributed by atoms with Crippen LogP contribution in [0.15, 0.2) is 42.7 Å². The summed E-state index contributed by atoms with van der Waals surface area (Å²) in [5, 5.41) is 12.1. The number of carbonyl (C=O) groups is 1. The lowest BCUT2D eigenvalue weighted by Gasteiger charge is -2.44. The Hall–Kier alpha value is -3.18. The van der Waals surface area contributed by atoms with E-state index in [2.05, 4.69) is 69.3 Å². The standard InChI is InChI=1S/C26H35N7O/c1-20-17-32(25-16-29-24(14-27)15-30-25)18-21(2)33(20)26(34)28-11-8-22-9-12-31(13-10-22)19-23-6-4-3-5-7-23/h3-7,15-16,20-22H,8-13,17-19H2,1-2H3,(H,28,34)/t20-,21-/m1/s1. The van der Waals surface area contributed by atoms with E-state index in [1.807, 2.05) is 11.0 Å². The Morgan fingerprint density at radius 2 is 1.79 bits per heavy atom. The molecular formula is C26H35N7O. The van der Waals surface area contributed by atoms with Gasteiger partial charge in [0.05, 0.1) is 12.4 Å². The Labute approximate surface area is 202 Å². The Balaban J connectivity index is 1.19. The van der Waals surface area contributed by atoms with Gasteiger partial charge in [-0.3, -0.25) is 4.90 Å². The van der Waals surface area contributed by atoms with Gasteiger partial charge >= 0.3 is 6.03 Å². The number of rotatable bonds is 6. The van der Waals surface area contributed by atoms with Crippen molar-refractivity contribution in [3.05, 3.63) is 54.0 Å². The van der Waals surface area contributed by atoms with Crippen LogP contribution in [0.3, 0.4) is 0 Å². The number of aromatic nitrogens is 2. The molecule has 8 heteroatoms. The Bertz CT molecular complexity index is 955. The number of nitriles is 1. The van der Waals surface area contributed by atoms with E-state index in [9.17, 15) is 4.79 Å². The number of likely N-dealkylation sites (tertiary alicyclic amines) is 1. The largest absolute Gasteiger partial charge is 0.351 e. The normalized spacial score (nSPS) is 21.8. The van der Waals surface area contributed by atoms with Crippen molar-refractivity contribution in [1.29, 1.82) is 5.26 Å². The molecule has 0 bridgehead atoms. The Morgan fingerprint density at radius 1 is 1.09 bits per heavy atom. The topological polar surface area (TPSA) is 88.4 Å². The van der Waals surface area contributed by atoms with Crippen molar-refractivity contribution in [3.63, 3.8) is 0 Å². The zero-order valence-electron chi connectivity index (χ0n) is 20.2. The molecule has 0 spiro atoms. The number of carbonyl (C=O) groups excluding carboxylic acids is 1. The van der Waals surface area contributed by atoms with Crippen LogP contribution in [-0.4, -0.2) is 70.6 Å². The first kappa shape index (κ1) is 24.0. The van der Waals surface area contributed by atoms with E-state index in [0.717, 1.165) is 38.4 Å². The summed E-state index contributed by atoms with van der Waals surface area (Å²) in [7, 11) is 0. The van der Waals surface area contributed by atoms with Crippen molar-refractivity contribution in [1.82, 2.24) is 25.1 Å². The second-order valence-corrected chi connectivity index (χ2v) is 9.61. The van der Waals surface area contributed by atoms with E-state index in [1.165, 1.54) is 24.6 Å². The van der Waals surface area contributed by atoms with Gasteiger partial charge in [-0.05, 0) is 57.7 Å². The molecule has 180 valence electrons. The fourth-order valence-corrected chi connectivity index (χ4v) is 5.20. The van der Waals surface area contributed by atoms with E-state index in [0.29, 0.717) is 24.7 Å². The van der Waals surface area contributed by atoms with Gasteiger partial charge in [0.2, 0.25) is 0 Å². The molecule has 4 rings (SSSR count). The number of anilines is 1. The molecule has 2 amide bonds. The number of hydrogen-bond acceptors (Lipinski definition) is 6. The summed E-state index contributed by atoms with van der Waals surface area (Å²) in [6.07, 6.45) is 6.56. The van der Waals surface area contributed by atoms with Crippen LogP contribution in [0.25, 0.3) is 0 Å². The second-order valence-electron chi connectivity index (χ2n) is 9.61. The summed E-state index contributed by atoms with van der Waals surface area (Å²) in [5.41, 5.74) is 1.69. The molecule has 0 aliphatic carbocycles. The van der Waals surface area contributed by atoms with Crippen LogP contribution in [-0.2, 0) is 6.54 Å². The summed E-state index contributed by atoms with van der Waals surface area (Å²) in [5.74, 6) is 1.42. The zero-order valence-corrected chi connectivity index (χ0v) is 20.2. The average molecular weight is 462 g/mol. The lowest BCUT2D eigenvalue weighted by Crippen LogP contribution is -2.61. The lowest BCUT2D eigenvalue weighted by atomic mass is 9.93. The first-order chi connectivity index (χ1) is 16.5. The first-order valence-electron chi connectivity index (χ1n) is 12.3. The van der Waals surface area contributed by atoms with Gasteiger partial charge in [-0.2, -0.15) is 5.26 Å². The summed E-state index contributed by atoms with van der Waals surface area (Å²) in [4.78, 5) is 28.1. The summed E-state index contributed by atoms with van der Waals surface area (Å²) in [6.45, 7) is 9.53. The van der Waals surface area contributed by atoms with E-state index in [1.54, 1.807) is 6.20 Å². The number of hydrogen-bond donors (Lipinski definition) is 1. The molecule has 2 fully saturated rings. The van der Waals surface area contributed by atoms with E-state index in [-0.39, 0.29) is 18.1 Å². The number of amides is 2. The first-order valence-corrected chi connectivity index (χ1v) is 12.3. The highest BCUT2D eigenvalue weighted by Crippen LogP contribution is 2.23. The minimum Gasteiger partial charge on any atom is -0.351 e. The van der Waals surface area contributed by atoms with Crippen LogP contribution in [0, 0.1) is 17.2 Å². The van der Waals surface area contributed by atoms with E-state index in [4.69, 9.17) is 5.26 Å². The minimum atomic E-state index is 0.0204. The number of nitrogens with zero attached hydrogens (tertiary/aromatic N) is 6. The minimum absolute atomic E-state index is 0.0204. The van der Waals surface area contributed by atoms with Crippen LogP contribution in [0.5, 0.6) is 0 Å². The van der Waals surface area contributed by atoms with Gasteiger partial charge in [0.15, 0.2) is 5.69 Å². The summed E-state index contributed by atoms with van der Waals surface area (Å²) in [6, 6.07) is 12.8. The van der Waals surface area contributed by atoms with E-state index >= 15 is 0 Å². The quantitative estimate of drug-likeness (QED) is 0.710. The number of benzene rings is 1. The molecule has 2 atom stereocenters. The Kier molecular flexibility index (Phi) is 7.96. The number of piperazine rings is 1. The Morgan fingerprint density at radius 3 is 2.41 bits per heavy atom. The molecule has 1 aromatic heterocycles. The molecule has 2 aromatic rings. The molecule has 8 nitrogen and oxygen atoms in total. The highest BCUT2D eigenvalue weighted by molar-refractivity contribution is 5.75. The van der Waals surface area contributed by atoms with Gasteiger partial charge in [0, 0.05) is 38.3 Å². The van der Waals surface area contributed by atoms with Crippen molar-refractivity contribution < 1.29 is 4.79 Å². The number of nitrogens with one attached hydrogen (secondary N) is 1. The van der Waals surface area contributed by atoms with Crippen LogP contribution < -0.4 is 10.2 Å². The van der Waals surface area contributed by atoms with Gasteiger partial charge in [0.25, 0.3) is 0 Å². The van der Waals surface area contributed by atoms with E-state index < -0.39 is 0 Å². The molecule has 1 aromatic carbocycles. The molecular weight excluding hydrogens is 426 g/mol. The van der Waals surface area contributed by atoms with Crippen LogP contribution >= 0.6 is 0 Å².